The lowest BCUT2D eigenvalue weighted by Gasteiger charge is -2.01. The standard InChI is InChI=1S/C17H18FN5O2S/c1-21-6-2-3-14(16(21)24)15-5-4-13(26-15)10-22-11-20-23(17(22)25)9-12(7-18)8-19/h2-7,11H,8-10,19H2,1H3/b12-7+. The molecular weight excluding hydrogens is 357 g/mol. The summed E-state index contributed by atoms with van der Waals surface area (Å²) >= 11 is 1.44. The Labute approximate surface area is 152 Å². The van der Waals surface area contributed by atoms with E-state index in [0.717, 1.165) is 9.75 Å². The van der Waals surface area contributed by atoms with E-state index in [4.69, 9.17) is 5.73 Å². The fourth-order valence-electron chi connectivity index (χ4n) is 2.48. The van der Waals surface area contributed by atoms with Crippen molar-refractivity contribution < 1.29 is 4.39 Å². The lowest BCUT2D eigenvalue weighted by molar-refractivity contribution is 0.604. The molecule has 0 saturated carbocycles. The minimum Gasteiger partial charge on any atom is -0.327 e. The van der Waals surface area contributed by atoms with Crippen LogP contribution in [0, 0.1) is 0 Å². The van der Waals surface area contributed by atoms with Crippen molar-refractivity contribution in [2.24, 2.45) is 12.8 Å². The van der Waals surface area contributed by atoms with Crippen molar-refractivity contribution in [3.63, 3.8) is 0 Å². The monoisotopic (exact) mass is 375 g/mol. The molecule has 0 atom stereocenters. The predicted molar refractivity (Wildman–Crippen MR) is 98.8 cm³/mol. The van der Waals surface area contributed by atoms with Crippen LogP contribution in [0.15, 0.2) is 58.3 Å². The SMILES string of the molecule is Cn1cccc(-c2ccc(Cn3cnn(C/C(=C/F)CN)c3=O)s2)c1=O. The highest BCUT2D eigenvalue weighted by Gasteiger charge is 2.11. The Hall–Kier alpha value is -2.78. The first-order chi connectivity index (χ1) is 12.5. The highest BCUT2D eigenvalue weighted by atomic mass is 32.1. The number of hydrogen-bond donors (Lipinski definition) is 1. The average Bonchev–Trinajstić information content (AvgIpc) is 3.23. The van der Waals surface area contributed by atoms with Gasteiger partial charge in [0.1, 0.15) is 6.33 Å². The van der Waals surface area contributed by atoms with Crippen LogP contribution in [-0.2, 0) is 20.1 Å². The minimum absolute atomic E-state index is 0.0224. The van der Waals surface area contributed by atoms with Gasteiger partial charge in [-0.25, -0.2) is 13.9 Å². The molecule has 0 saturated heterocycles. The van der Waals surface area contributed by atoms with Crippen LogP contribution >= 0.6 is 11.3 Å². The molecule has 0 spiro atoms. The van der Waals surface area contributed by atoms with E-state index in [9.17, 15) is 14.0 Å². The molecule has 2 N–H and O–H groups in total. The van der Waals surface area contributed by atoms with E-state index < -0.39 is 0 Å². The van der Waals surface area contributed by atoms with Crippen LogP contribution in [-0.4, -0.2) is 25.5 Å². The summed E-state index contributed by atoms with van der Waals surface area (Å²) in [6.45, 7) is 0.374. The molecule has 0 amide bonds. The summed E-state index contributed by atoms with van der Waals surface area (Å²) in [5.74, 6) is 0. The van der Waals surface area contributed by atoms with Crippen LogP contribution in [0.25, 0.3) is 10.4 Å². The Bertz CT molecular complexity index is 1060. The smallest absolute Gasteiger partial charge is 0.327 e. The van der Waals surface area contributed by atoms with Gasteiger partial charge in [-0.05, 0) is 29.8 Å². The molecule has 7 nitrogen and oxygen atoms in total. The molecular formula is C17H18FN5O2S. The molecule has 0 aliphatic carbocycles. The van der Waals surface area contributed by atoms with Gasteiger partial charge < -0.3 is 10.3 Å². The molecule has 3 aromatic rings. The molecule has 3 rings (SSSR count). The van der Waals surface area contributed by atoms with Gasteiger partial charge in [0.25, 0.3) is 5.56 Å². The second-order valence-electron chi connectivity index (χ2n) is 5.77. The zero-order valence-corrected chi connectivity index (χ0v) is 14.9. The lowest BCUT2D eigenvalue weighted by atomic mass is 10.2. The van der Waals surface area contributed by atoms with Crippen molar-refractivity contribution in [3.8, 4) is 10.4 Å². The van der Waals surface area contributed by atoms with Gasteiger partial charge >= 0.3 is 5.69 Å². The molecule has 0 radical (unpaired) electrons. The average molecular weight is 375 g/mol. The number of pyridine rings is 1. The molecule has 0 aliphatic heterocycles. The van der Waals surface area contributed by atoms with Gasteiger partial charge in [-0.3, -0.25) is 9.36 Å². The maximum Gasteiger partial charge on any atom is 0.346 e. The first-order valence-corrected chi connectivity index (χ1v) is 8.70. The highest BCUT2D eigenvalue weighted by molar-refractivity contribution is 7.15. The summed E-state index contributed by atoms with van der Waals surface area (Å²) in [6.07, 6.45) is 3.52. The van der Waals surface area contributed by atoms with E-state index in [1.165, 1.54) is 31.5 Å². The van der Waals surface area contributed by atoms with Crippen LogP contribution in [0.1, 0.15) is 4.88 Å². The maximum absolute atomic E-state index is 12.6. The highest BCUT2D eigenvalue weighted by Crippen LogP contribution is 2.26. The van der Waals surface area contributed by atoms with Gasteiger partial charge in [-0.2, -0.15) is 5.10 Å². The van der Waals surface area contributed by atoms with Crippen LogP contribution in [0.5, 0.6) is 0 Å². The normalized spacial score (nSPS) is 11.9. The van der Waals surface area contributed by atoms with E-state index in [0.29, 0.717) is 18.4 Å². The zero-order valence-electron chi connectivity index (χ0n) is 14.1. The number of hydrogen-bond acceptors (Lipinski definition) is 5. The second-order valence-corrected chi connectivity index (χ2v) is 6.94. The number of rotatable bonds is 6. The van der Waals surface area contributed by atoms with Crippen LogP contribution in [0.4, 0.5) is 4.39 Å². The Morgan fingerprint density at radius 2 is 2.15 bits per heavy atom. The largest absolute Gasteiger partial charge is 0.346 e. The molecule has 0 unspecified atom stereocenters. The molecule has 0 fully saturated rings. The number of nitrogens with zero attached hydrogens (tertiary/aromatic N) is 4. The third-order valence-corrected chi connectivity index (χ3v) is 5.05. The summed E-state index contributed by atoms with van der Waals surface area (Å²) in [5, 5.41) is 3.99. The molecule has 0 aliphatic rings. The Morgan fingerprint density at radius 3 is 2.88 bits per heavy atom. The third-order valence-electron chi connectivity index (χ3n) is 3.94. The first-order valence-electron chi connectivity index (χ1n) is 7.88. The van der Waals surface area contributed by atoms with Gasteiger partial charge in [-0.15, -0.1) is 11.3 Å². The second kappa shape index (κ2) is 7.63. The zero-order chi connectivity index (χ0) is 18.7. The topological polar surface area (TPSA) is 87.8 Å². The lowest BCUT2D eigenvalue weighted by Crippen LogP contribution is -2.26. The summed E-state index contributed by atoms with van der Waals surface area (Å²) in [5.41, 5.74) is 5.90. The number of halogens is 1. The fourth-order valence-corrected chi connectivity index (χ4v) is 3.51. The van der Waals surface area contributed by atoms with Crippen molar-refractivity contribution in [2.75, 3.05) is 6.54 Å². The van der Waals surface area contributed by atoms with E-state index in [1.54, 1.807) is 19.3 Å². The summed E-state index contributed by atoms with van der Waals surface area (Å²) in [6, 6.07) is 7.34. The van der Waals surface area contributed by atoms with Crippen LogP contribution in [0.2, 0.25) is 0 Å². The molecule has 9 heteroatoms. The maximum atomic E-state index is 12.6. The van der Waals surface area contributed by atoms with Gasteiger partial charge in [0.2, 0.25) is 0 Å². The van der Waals surface area contributed by atoms with Gasteiger partial charge in [0, 0.05) is 29.5 Å². The van der Waals surface area contributed by atoms with Crippen molar-refractivity contribution in [3.05, 3.63) is 74.4 Å². The Balaban J connectivity index is 1.82. The van der Waals surface area contributed by atoms with Crippen molar-refractivity contribution in [1.82, 2.24) is 18.9 Å². The number of aromatic nitrogens is 4. The molecule has 3 aromatic heterocycles. The van der Waals surface area contributed by atoms with E-state index in [-0.39, 0.29) is 29.9 Å². The van der Waals surface area contributed by atoms with Crippen molar-refractivity contribution in [2.45, 2.75) is 13.1 Å². The molecule has 0 bridgehead atoms. The third kappa shape index (κ3) is 3.58. The predicted octanol–water partition coefficient (Wildman–Crippen LogP) is 1.33. The Kier molecular flexibility index (Phi) is 5.29. The summed E-state index contributed by atoms with van der Waals surface area (Å²) in [4.78, 5) is 26.3. The van der Waals surface area contributed by atoms with E-state index in [2.05, 4.69) is 5.10 Å². The molecule has 3 heterocycles. The summed E-state index contributed by atoms with van der Waals surface area (Å²) < 4.78 is 16.8. The van der Waals surface area contributed by atoms with E-state index in [1.807, 2.05) is 18.2 Å². The first kappa shape index (κ1) is 18.0. The fraction of sp³-hybridized carbons (Fsp3) is 0.235. The van der Waals surface area contributed by atoms with Gasteiger partial charge in [0.05, 0.1) is 25.0 Å². The van der Waals surface area contributed by atoms with Gasteiger partial charge in [-0.1, -0.05) is 0 Å². The van der Waals surface area contributed by atoms with Crippen molar-refractivity contribution >= 4 is 11.3 Å². The Morgan fingerprint density at radius 1 is 1.35 bits per heavy atom. The molecule has 0 aromatic carbocycles. The molecule has 26 heavy (non-hydrogen) atoms. The van der Waals surface area contributed by atoms with Gasteiger partial charge in [0.15, 0.2) is 0 Å². The minimum atomic E-state index is -0.344. The van der Waals surface area contributed by atoms with Crippen LogP contribution < -0.4 is 17.0 Å². The van der Waals surface area contributed by atoms with Crippen LogP contribution in [0.3, 0.4) is 0 Å². The number of nitrogens with two attached hydrogens (primary N) is 1. The quantitative estimate of drug-likeness (QED) is 0.704. The van der Waals surface area contributed by atoms with Crippen molar-refractivity contribution in [1.29, 1.82) is 0 Å². The summed E-state index contributed by atoms with van der Waals surface area (Å²) in [7, 11) is 1.70. The molecule has 136 valence electrons. The van der Waals surface area contributed by atoms with E-state index >= 15 is 0 Å². The number of aryl methyl sites for hydroxylation is 1. The number of thiophene rings is 1.